The molecule has 0 bridgehead atoms. The number of rotatable bonds is 2. The topological polar surface area (TPSA) is 66.3 Å². The van der Waals surface area contributed by atoms with Gasteiger partial charge in [-0.15, -0.1) is 5.10 Å². The van der Waals surface area contributed by atoms with Crippen LogP contribution in [0.25, 0.3) is 0 Å². The molecule has 3 rings (SSSR count). The number of amides is 2. The molecule has 7 nitrogen and oxygen atoms in total. The van der Waals surface area contributed by atoms with E-state index in [1.54, 1.807) is 11.7 Å². The molecule has 0 radical (unpaired) electrons. The number of aryl methyl sites for hydroxylation is 2. The van der Waals surface area contributed by atoms with Crippen molar-refractivity contribution in [1.82, 2.24) is 19.9 Å². The van der Waals surface area contributed by atoms with E-state index in [9.17, 15) is 4.79 Å². The molecule has 2 heterocycles. The van der Waals surface area contributed by atoms with E-state index in [-0.39, 0.29) is 6.03 Å². The molecule has 1 aromatic heterocycles. The van der Waals surface area contributed by atoms with Gasteiger partial charge < -0.3 is 9.80 Å². The molecule has 0 saturated carbocycles. The second kappa shape index (κ2) is 6.28. The monoisotopic (exact) mass is 314 g/mol. The molecule has 0 spiro atoms. The Kier molecular flexibility index (Phi) is 4.18. The van der Waals surface area contributed by atoms with Gasteiger partial charge in [-0.1, -0.05) is 17.3 Å². The van der Waals surface area contributed by atoms with E-state index in [0.717, 1.165) is 18.8 Å². The molecule has 122 valence electrons. The number of hydrogen-bond donors (Lipinski definition) is 1. The summed E-state index contributed by atoms with van der Waals surface area (Å²) >= 11 is 0. The third-order valence-corrected chi connectivity index (χ3v) is 4.27. The molecule has 7 heteroatoms. The van der Waals surface area contributed by atoms with Crippen molar-refractivity contribution >= 4 is 17.5 Å². The van der Waals surface area contributed by atoms with Crippen molar-refractivity contribution in [2.75, 3.05) is 36.4 Å². The fourth-order valence-electron chi connectivity index (χ4n) is 2.69. The zero-order valence-electron chi connectivity index (χ0n) is 13.8. The van der Waals surface area contributed by atoms with Gasteiger partial charge >= 0.3 is 6.03 Å². The van der Waals surface area contributed by atoms with Gasteiger partial charge in [0.25, 0.3) is 0 Å². The van der Waals surface area contributed by atoms with Gasteiger partial charge in [0, 0.05) is 38.9 Å². The lowest BCUT2D eigenvalue weighted by Crippen LogP contribution is -2.50. The Morgan fingerprint density at radius 2 is 1.91 bits per heavy atom. The molecule has 23 heavy (non-hydrogen) atoms. The summed E-state index contributed by atoms with van der Waals surface area (Å²) < 4.78 is 1.64. The summed E-state index contributed by atoms with van der Waals surface area (Å²) in [6, 6.07) is 8.35. The lowest BCUT2D eigenvalue weighted by atomic mass is 10.2. The van der Waals surface area contributed by atoms with Gasteiger partial charge in [-0.25, -0.2) is 4.79 Å². The van der Waals surface area contributed by atoms with E-state index in [2.05, 4.69) is 51.7 Å². The number of urea groups is 1. The van der Waals surface area contributed by atoms with Crippen molar-refractivity contribution in [3.8, 4) is 0 Å². The molecule has 0 aliphatic carbocycles. The number of nitrogens with zero attached hydrogens (tertiary/aromatic N) is 5. The molecule has 1 aliphatic rings. The summed E-state index contributed by atoms with van der Waals surface area (Å²) in [5.41, 5.74) is 3.31. The van der Waals surface area contributed by atoms with Crippen molar-refractivity contribution in [2.24, 2.45) is 7.05 Å². The lowest BCUT2D eigenvalue weighted by Gasteiger charge is -2.36. The van der Waals surface area contributed by atoms with Crippen molar-refractivity contribution in [3.63, 3.8) is 0 Å². The van der Waals surface area contributed by atoms with Crippen LogP contribution in [0.3, 0.4) is 0 Å². The molecule has 0 atom stereocenters. The van der Waals surface area contributed by atoms with Crippen LogP contribution in [-0.2, 0) is 7.05 Å². The number of nitrogens with one attached hydrogen (secondary N) is 1. The Bertz CT molecular complexity index is 702. The maximum atomic E-state index is 12.3. The first kappa shape index (κ1) is 15.3. The van der Waals surface area contributed by atoms with Crippen LogP contribution in [0.15, 0.2) is 24.3 Å². The van der Waals surface area contributed by atoms with E-state index in [0.29, 0.717) is 18.9 Å². The number of hydrogen-bond acceptors (Lipinski definition) is 4. The maximum absolute atomic E-state index is 12.3. The van der Waals surface area contributed by atoms with E-state index in [1.807, 2.05) is 11.8 Å². The molecule has 0 unspecified atom stereocenters. The Hall–Kier alpha value is -2.57. The van der Waals surface area contributed by atoms with Crippen LogP contribution in [0.1, 0.15) is 11.3 Å². The molecular weight excluding hydrogens is 292 g/mol. The van der Waals surface area contributed by atoms with Gasteiger partial charge in [0.1, 0.15) is 0 Å². The summed E-state index contributed by atoms with van der Waals surface area (Å²) in [7, 11) is 1.80. The predicted octanol–water partition coefficient (Wildman–Crippen LogP) is 1.79. The average molecular weight is 314 g/mol. The zero-order chi connectivity index (χ0) is 16.4. The molecule has 2 amide bonds. The molecule has 1 aromatic carbocycles. The summed E-state index contributed by atoms with van der Waals surface area (Å²) in [5, 5.41) is 10.7. The zero-order valence-corrected chi connectivity index (χ0v) is 13.8. The highest BCUT2D eigenvalue weighted by molar-refractivity contribution is 5.88. The third-order valence-electron chi connectivity index (χ3n) is 4.27. The third kappa shape index (κ3) is 3.28. The Morgan fingerprint density at radius 3 is 2.52 bits per heavy atom. The minimum atomic E-state index is -0.113. The van der Waals surface area contributed by atoms with Crippen molar-refractivity contribution < 1.29 is 4.79 Å². The first-order valence-electron chi connectivity index (χ1n) is 7.78. The van der Waals surface area contributed by atoms with Crippen LogP contribution in [0.4, 0.5) is 16.3 Å². The van der Waals surface area contributed by atoms with E-state index in [4.69, 9.17) is 0 Å². The van der Waals surface area contributed by atoms with Crippen LogP contribution >= 0.6 is 0 Å². The largest absolute Gasteiger partial charge is 0.368 e. The number of aromatic nitrogens is 3. The minimum absolute atomic E-state index is 0.113. The first-order valence-corrected chi connectivity index (χ1v) is 7.78. The van der Waals surface area contributed by atoms with Gasteiger partial charge in [0.2, 0.25) is 0 Å². The van der Waals surface area contributed by atoms with Crippen LogP contribution in [0.5, 0.6) is 0 Å². The molecular formula is C16H22N6O. The second-order valence-corrected chi connectivity index (χ2v) is 5.89. The van der Waals surface area contributed by atoms with E-state index < -0.39 is 0 Å². The predicted molar refractivity (Wildman–Crippen MR) is 89.7 cm³/mol. The summed E-state index contributed by atoms with van der Waals surface area (Å²) in [6.07, 6.45) is 0. The van der Waals surface area contributed by atoms with E-state index >= 15 is 0 Å². The van der Waals surface area contributed by atoms with Gasteiger partial charge in [-0.2, -0.15) is 0 Å². The van der Waals surface area contributed by atoms with Crippen LogP contribution in [0, 0.1) is 13.8 Å². The first-order chi connectivity index (χ1) is 11.0. The molecule has 1 aliphatic heterocycles. The van der Waals surface area contributed by atoms with Gasteiger partial charge in [0.05, 0.1) is 5.69 Å². The maximum Gasteiger partial charge on any atom is 0.323 e. The SMILES string of the molecule is Cc1cccc(N2CCN(C(=O)Nc3nnn(C)c3C)CC2)c1. The van der Waals surface area contributed by atoms with Gasteiger partial charge in [-0.3, -0.25) is 10.00 Å². The fraction of sp³-hybridized carbons (Fsp3) is 0.438. The molecule has 1 N–H and O–H groups in total. The number of benzene rings is 1. The highest BCUT2D eigenvalue weighted by Crippen LogP contribution is 2.18. The van der Waals surface area contributed by atoms with Gasteiger partial charge in [0.15, 0.2) is 5.82 Å². The Morgan fingerprint density at radius 1 is 1.17 bits per heavy atom. The number of carbonyl (C=O) groups is 1. The number of piperazine rings is 1. The fourth-order valence-corrected chi connectivity index (χ4v) is 2.69. The van der Waals surface area contributed by atoms with Crippen LogP contribution in [0.2, 0.25) is 0 Å². The molecule has 1 fully saturated rings. The smallest absolute Gasteiger partial charge is 0.323 e. The number of carbonyl (C=O) groups excluding carboxylic acids is 1. The quantitative estimate of drug-likeness (QED) is 0.918. The molecule has 2 aromatic rings. The van der Waals surface area contributed by atoms with Crippen LogP contribution in [-0.4, -0.2) is 52.1 Å². The van der Waals surface area contributed by atoms with Gasteiger partial charge in [-0.05, 0) is 31.5 Å². The highest BCUT2D eigenvalue weighted by Gasteiger charge is 2.22. The van der Waals surface area contributed by atoms with E-state index in [1.165, 1.54) is 11.3 Å². The summed E-state index contributed by atoms with van der Waals surface area (Å²) in [5.74, 6) is 0.526. The standard InChI is InChI=1S/C16H22N6O/c1-12-5-4-6-14(11-12)21-7-9-22(10-8-21)16(23)17-15-13(2)20(3)19-18-15/h4-6,11H,7-10H2,1-3H3,(H,17,23). The summed E-state index contributed by atoms with van der Waals surface area (Å²) in [4.78, 5) is 16.5. The second-order valence-electron chi connectivity index (χ2n) is 5.89. The van der Waals surface area contributed by atoms with Crippen LogP contribution < -0.4 is 10.2 Å². The molecule has 1 saturated heterocycles. The number of anilines is 2. The Balaban J connectivity index is 1.58. The Labute approximate surface area is 135 Å². The van der Waals surface area contributed by atoms with Crippen molar-refractivity contribution in [3.05, 3.63) is 35.5 Å². The van der Waals surface area contributed by atoms with Crippen molar-refractivity contribution in [1.29, 1.82) is 0 Å². The average Bonchev–Trinajstić information content (AvgIpc) is 2.87. The lowest BCUT2D eigenvalue weighted by molar-refractivity contribution is 0.208. The summed E-state index contributed by atoms with van der Waals surface area (Å²) in [6.45, 7) is 7.02. The highest BCUT2D eigenvalue weighted by atomic mass is 16.2. The normalized spacial score (nSPS) is 14.9. The minimum Gasteiger partial charge on any atom is -0.368 e. The van der Waals surface area contributed by atoms with Crippen molar-refractivity contribution in [2.45, 2.75) is 13.8 Å².